The van der Waals surface area contributed by atoms with Crippen LogP contribution >= 0.6 is 0 Å². The van der Waals surface area contributed by atoms with Gasteiger partial charge in [0.25, 0.3) is 0 Å². The zero-order chi connectivity index (χ0) is 21.1. The Balaban J connectivity index is 1.79. The first-order valence-corrected chi connectivity index (χ1v) is 10.5. The summed E-state index contributed by atoms with van der Waals surface area (Å²) < 4.78 is 21.9. The van der Waals surface area contributed by atoms with Crippen molar-refractivity contribution in [3.05, 3.63) is 35.9 Å². The van der Waals surface area contributed by atoms with Gasteiger partial charge in [0, 0.05) is 25.7 Å². The molecule has 0 heterocycles. The number of nitrogens with one attached hydrogen (secondary N) is 1. The van der Waals surface area contributed by atoms with Gasteiger partial charge in [0.15, 0.2) is 0 Å². The molecular weight excluding hydrogens is 370 g/mol. The number of carbonyl (C=O) groups excluding carboxylic acids is 1. The van der Waals surface area contributed by atoms with Crippen LogP contribution in [0.4, 0.5) is 4.79 Å². The van der Waals surface area contributed by atoms with Crippen LogP contribution in [0.1, 0.15) is 52.0 Å². The second kappa shape index (κ2) is 12.2. The van der Waals surface area contributed by atoms with E-state index in [1.54, 1.807) is 7.11 Å². The van der Waals surface area contributed by atoms with Crippen molar-refractivity contribution in [2.75, 3.05) is 27.1 Å². The van der Waals surface area contributed by atoms with Crippen LogP contribution in [0.2, 0.25) is 0 Å². The van der Waals surface area contributed by atoms with Crippen molar-refractivity contribution in [1.82, 2.24) is 5.32 Å². The number of alkyl carbamates (subject to hydrolysis) is 1. The van der Waals surface area contributed by atoms with E-state index in [-0.39, 0.29) is 24.8 Å². The predicted octanol–water partition coefficient (Wildman–Crippen LogP) is 4.52. The summed E-state index contributed by atoms with van der Waals surface area (Å²) in [6.07, 6.45) is 3.65. The largest absolute Gasteiger partial charge is 0.444 e. The van der Waals surface area contributed by atoms with Gasteiger partial charge in [-0.15, -0.1) is 0 Å². The monoisotopic (exact) mass is 407 g/mol. The van der Waals surface area contributed by atoms with E-state index in [1.165, 1.54) is 5.56 Å². The second-order valence-corrected chi connectivity index (χ2v) is 8.80. The summed E-state index contributed by atoms with van der Waals surface area (Å²) in [5.41, 5.74) is 0.697. The van der Waals surface area contributed by atoms with Crippen molar-refractivity contribution in [3.8, 4) is 0 Å². The van der Waals surface area contributed by atoms with Crippen LogP contribution in [0, 0.1) is 11.8 Å². The minimum absolute atomic E-state index is 0.0585. The third-order valence-corrected chi connectivity index (χ3v) is 5.11. The number of hydrogen-bond donors (Lipinski definition) is 1. The van der Waals surface area contributed by atoms with Crippen LogP contribution in [-0.4, -0.2) is 44.9 Å². The van der Waals surface area contributed by atoms with Crippen LogP contribution in [-0.2, 0) is 25.6 Å². The van der Waals surface area contributed by atoms with Gasteiger partial charge < -0.3 is 24.3 Å². The van der Waals surface area contributed by atoms with Crippen LogP contribution in [0.5, 0.6) is 0 Å². The van der Waals surface area contributed by atoms with Gasteiger partial charge >= 0.3 is 6.09 Å². The molecule has 0 spiro atoms. The van der Waals surface area contributed by atoms with E-state index < -0.39 is 5.60 Å². The Labute approximate surface area is 175 Å². The molecule has 6 nitrogen and oxygen atoms in total. The van der Waals surface area contributed by atoms with E-state index in [0.717, 1.165) is 32.3 Å². The third kappa shape index (κ3) is 9.61. The topological polar surface area (TPSA) is 66.0 Å². The molecule has 0 aliphatic heterocycles. The molecule has 2 unspecified atom stereocenters. The maximum absolute atomic E-state index is 12.2. The van der Waals surface area contributed by atoms with Crippen LogP contribution < -0.4 is 5.32 Å². The molecule has 1 fully saturated rings. The molecule has 2 rings (SSSR count). The Kier molecular flexibility index (Phi) is 9.91. The molecule has 1 saturated carbocycles. The first-order valence-electron chi connectivity index (χ1n) is 10.5. The first kappa shape index (κ1) is 23.6. The molecule has 0 bridgehead atoms. The summed E-state index contributed by atoms with van der Waals surface area (Å²) in [5.74, 6) is 0.809. The number of ether oxygens (including phenoxy) is 4. The van der Waals surface area contributed by atoms with Crippen molar-refractivity contribution in [1.29, 1.82) is 0 Å². The normalized spacial score (nSPS) is 22.3. The molecule has 1 aliphatic rings. The SMILES string of the molecule is COCOC[C@@H]1CC(CCOCc2ccccc2)CCC1NC(=O)OC(C)(C)C. The number of carbonyl (C=O) groups is 1. The summed E-state index contributed by atoms with van der Waals surface area (Å²) in [6, 6.07) is 10.3. The Morgan fingerprint density at radius 3 is 2.59 bits per heavy atom. The molecule has 164 valence electrons. The van der Waals surface area contributed by atoms with Crippen molar-refractivity contribution >= 4 is 6.09 Å². The van der Waals surface area contributed by atoms with Gasteiger partial charge in [-0.1, -0.05) is 30.3 Å². The van der Waals surface area contributed by atoms with Gasteiger partial charge in [0.1, 0.15) is 12.4 Å². The maximum atomic E-state index is 12.2. The summed E-state index contributed by atoms with van der Waals surface area (Å²) in [7, 11) is 1.62. The lowest BCUT2D eigenvalue weighted by molar-refractivity contribution is -0.0553. The number of rotatable bonds is 10. The van der Waals surface area contributed by atoms with E-state index in [9.17, 15) is 4.79 Å². The average Bonchev–Trinajstić information content (AvgIpc) is 2.66. The molecule has 29 heavy (non-hydrogen) atoms. The smallest absolute Gasteiger partial charge is 0.407 e. The van der Waals surface area contributed by atoms with Gasteiger partial charge in [-0.25, -0.2) is 4.79 Å². The van der Waals surface area contributed by atoms with E-state index in [2.05, 4.69) is 17.4 Å². The van der Waals surface area contributed by atoms with Crippen molar-refractivity contribution in [2.24, 2.45) is 11.8 Å². The predicted molar refractivity (Wildman–Crippen MR) is 113 cm³/mol. The van der Waals surface area contributed by atoms with E-state index in [4.69, 9.17) is 18.9 Å². The first-order chi connectivity index (χ1) is 13.9. The third-order valence-electron chi connectivity index (χ3n) is 5.11. The lowest BCUT2D eigenvalue weighted by atomic mass is 9.77. The fraction of sp³-hybridized carbons (Fsp3) is 0.696. The van der Waals surface area contributed by atoms with E-state index >= 15 is 0 Å². The van der Waals surface area contributed by atoms with Crippen LogP contribution in [0.25, 0.3) is 0 Å². The average molecular weight is 408 g/mol. The zero-order valence-electron chi connectivity index (χ0n) is 18.3. The fourth-order valence-corrected chi connectivity index (χ4v) is 3.75. The lowest BCUT2D eigenvalue weighted by Crippen LogP contribution is -2.47. The molecule has 1 N–H and O–H groups in total. The van der Waals surface area contributed by atoms with E-state index in [1.807, 2.05) is 39.0 Å². The molecule has 1 aliphatic carbocycles. The number of hydrogen-bond acceptors (Lipinski definition) is 5. The highest BCUT2D eigenvalue weighted by molar-refractivity contribution is 5.68. The number of benzene rings is 1. The Morgan fingerprint density at radius 2 is 1.90 bits per heavy atom. The van der Waals surface area contributed by atoms with E-state index in [0.29, 0.717) is 19.1 Å². The van der Waals surface area contributed by atoms with Gasteiger partial charge in [0.2, 0.25) is 0 Å². The van der Waals surface area contributed by atoms with Crippen molar-refractivity contribution < 1.29 is 23.7 Å². The highest BCUT2D eigenvalue weighted by atomic mass is 16.7. The number of amides is 1. The molecule has 6 heteroatoms. The van der Waals surface area contributed by atoms with Crippen molar-refractivity contribution in [2.45, 2.75) is 64.7 Å². The molecule has 1 aromatic rings. The fourth-order valence-electron chi connectivity index (χ4n) is 3.75. The van der Waals surface area contributed by atoms with Crippen molar-refractivity contribution in [3.63, 3.8) is 0 Å². The number of methoxy groups -OCH3 is 1. The Morgan fingerprint density at radius 1 is 1.14 bits per heavy atom. The van der Waals surface area contributed by atoms with Crippen LogP contribution in [0.3, 0.4) is 0 Å². The molecular formula is C23H37NO5. The molecule has 0 saturated heterocycles. The minimum Gasteiger partial charge on any atom is -0.444 e. The second-order valence-electron chi connectivity index (χ2n) is 8.80. The zero-order valence-corrected chi connectivity index (χ0v) is 18.3. The Hall–Kier alpha value is -1.63. The van der Waals surface area contributed by atoms with Gasteiger partial charge in [-0.05, 0) is 57.9 Å². The Bertz CT molecular complexity index is 587. The molecule has 0 aromatic heterocycles. The highest BCUT2D eigenvalue weighted by Crippen LogP contribution is 2.32. The highest BCUT2D eigenvalue weighted by Gasteiger charge is 2.32. The summed E-state index contributed by atoms with van der Waals surface area (Å²) in [5, 5.41) is 3.05. The van der Waals surface area contributed by atoms with Crippen LogP contribution in [0.15, 0.2) is 30.3 Å². The maximum Gasteiger partial charge on any atom is 0.407 e. The van der Waals surface area contributed by atoms with Gasteiger partial charge in [-0.3, -0.25) is 0 Å². The minimum atomic E-state index is -0.501. The molecule has 3 atom stereocenters. The van der Waals surface area contributed by atoms with Gasteiger partial charge in [0.05, 0.1) is 13.2 Å². The quantitative estimate of drug-likeness (QED) is 0.456. The standard InChI is InChI=1S/C23H37NO5/c1-23(2,3)29-22(25)24-21-11-10-18(14-20(21)16-28-17-26-4)12-13-27-15-19-8-6-5-7-9-19/h5-9,18,20-21H,10-17H2,1-4H3,(H,24,25)/t18?,20-,21?/m0/s1. The van der Waals surface area contributed by atoms with Gasteiger partial charge in [-0.2, -0.15) is 0 Å². The molecule has 0 radical (unpaired) electrons. The molecule has 1 amide bonds. The summed E-state index contributed by atoms with van der Waals surface area (Å²) >= 11 is 0. The lowest BCUT2D eigenvalue weighted by Gasteiger charge is -2.36. The molecule has 1 aromatic carbocycles. The summed E-state index contributed by atoms with van der Waals surface area (Å²) in [6.45, 7) is 7.84. The summed E-state index contributed by atoms with van der Waals surface area (Å²) in [4.78, 5) is 12.2.